The van der Waals surface area contributed by atoms with Gasteiger partial charge in [0.25, 0.3) is 0 Å². The zero-order valence-electron chi connectivity index (χ0n) is 15.0. The van der Waals surface area contributed by atoms with E-state index < -0.39 is 0 Å². The first-order valence-corrected chi connectivity index (χ1v) is 8.91. The van der Waals surface area contributed by atoms with Gasteiger partial charge < -0.3 is 0 Å². The number of pyridine rings is 1. The molecule has 0 spiro atoms. The molecule has 0 saturated carbocycles. The van der Waals surface area contributed by atoms with Gasteiger partial charge in [-0.05, 0) is 49.4 Å². The molecule has 3 nitrogen and oxygen atoms in total. The zero-order valence-corrected chi connectivity index (χ0v) is 15.0. The number of nitrogens with zero attached hydrogens (tertiary/aromatic N) is 3. The fraction of sp³-hybridized carbons (Fsp3) is 0.0435. The third-order valence-electron chi connectivity index (χ3n) is 4.88. The lowest BCUT2D eigenvalue weighted by molar-refractivity contribution is 0.628. The highest BCUT2D eigenvalue weighted by Gasteiger charge is 2.18. The molecule has 5 heteroatoms. The normalized spacial score (nSPS) is 11.4. The number of para-hydroxylation sites is 1. The van der Waals surface area contributed by atoms with E-state index in [1.54, 1.807) is 29.1 Å². The van der Waals surface area contributed by atoms with Crippen LogP contribution in [0.3, 0.4) is 0 Å². The zero-order chi connectivity index (χ0) is 19.3. The van der Waals surface area contributed by atoms with Gasteiger partial charge in [-0.15, -0.1) is 0 Å². The maximum Gasteiger partial charge on any atom is 0.149 e. The van der Waals surface area contributed by atoms with Crippen molar-refractivity contribution in [3.05, 3.63) is 90.1 Å². The Kier molecular flexibility index (Phi) is 3.69. The third kappa shape index (κ3) is 2.55. The molecule has 5 rings (SSSR count). The number of fused-ring (bicyclic) bond motifs is 3. The van der Waals surface area contributed by atoms with Gasteiger partial charge in [0, 0.05) is 22.5 Å². The molecule has 0 aliphatic heterocycles. The van der Waals surface area contributed by atoms with Gasteiger partial charge >= 0.3 is 0 Å². The summed E-state index contributed by atoms with van der Waals surface area (Å²) in [4.78, 5) is 4.33. The number of benzene rings is 3. The minimum Gasteiger partial charge on any atom is -0.252 e. The van der Waals surface area contributed by atoms with Crippen molar-refractivity contribution < 1.29 is 8.78 Å². The minimum atomic E-state index is -0.376. The predicted molar refractivity (Wildman–Crippen MR) is 106 cm³/mol. The van der Waals surface area contributed by atoms with Crippen molar-refractivity contribution in [2.75, 3.05) is 0 Å². The van der Waals surface area contributed by atoms with Crippen molar-refractivity contribution in [1.29, 1.82) is 0 Å². The summed E-state index contributed by atoms with van der Waals surface area (Å²) in [6.07, 6.45) is 1.64. The average Bonchev–Trinajstić information content (AvgIpc) is 3.10. The van der Waals surface area contributed by atoms with Gasteiger partial charge in [0.05, 0.1) is 11.2 Å². The Morgan fingerprint density at radius 2 is 1.57 bits per heavy atom. The molecule has 3 aromatic carbocycles. The van der Waals surface area contributed by atoms with E-state index in [0.717, 1.165) is 27.7 Å². The lowest BCUT2D eigenvalue weighted by atomic mass is 10.1. The first-order valence-electron chi connectivity index (χ1n) is 8.91. The van der Waals surface area contributed by atoms with Crippen molar-refractivity contribution >= 4 is 21.8 Å². The summed E-state index contributed by atoms with van der Waals surface area (Å²) >= 11 is 0. The van der Waals surface area contributed by atoms with Crippen molar-refractivity contribution in [1.82, 2.24) is 14.8 Å². The first-order chi connectivity index (χ1) is 13.6. The van der Waals surface area contributed by atoms with Crippen LogP contribution in [-0.4, -0.2) is 14.8 Å². The molecule has 2 heterocycles. The van der Waals surface area contributed by atoms with E-state index in [-0.39, 0.29) is 11.6 Å². The standard InChI is InChI=1S/C23H15F2N3/c1-14-5-11-17(12-6-14)28-23-18-3-2-4-20(25)22(18)26-13-19(23)21(27-28)15-7-9-16(24)10-8-15/h2-13H,1H3. The lowest BCUT2D eigenvalue weighted by Crippen LogP contribution is -1.97. The number of hydrogen-bond acceptors (Lipinski definition) is 2. The van der Waals surface area contributed by atoms with E-state index in [2.05, 4.69) is 4.98 Å². The second-order valence-electron chi connectivity index (χ2n) is 6.76. The molecule has 136 valence electrons. The second-order valence-corrected chi connectivity index (χ2v) is 6.76. The number of halogens is 2. The van der Waals surface area contributed by atoms with Crippen LogP contribution in [0.15, 0.2) is 72.9 Å². The summed E-state index contributed by atoms with van der Waals surface area (Å²) in [5.74, 6) is -0.684. The van der Waals surface area contributed by atoms with Gasteiger partial charge in [-0.25, -0.2) is 13.5 Å². The topological polar surface area (TPSA) is 30.7 Å². The molecule has 5 aromatic rings. The Hall–Kier alpha value is -3.60. The first kappa shape index (κ1) is 16.6. The van der Waals surface area contributed by atoms with Gasteiger partial charge in [0.15, 0.2) is 0 Å². The van der Waals surface area contributed by atoms with Crippen LogP contribution in [0.1, 0.15) is 5.56 Å². The van der Waals surface area contributed by atoms with Crippen LogP contribution >= 0.6 is 0 Å². The Morgan fingerprint density at radius 1 is 0.821 bits per heavy atom. The summed E-state index contributed by atoms with van der Waals surface area (Å²) in [5, 5.41) is 6.26. The number of rotatable bonds is 2. The second kappa shape index (κ2) is 6.23. The fourth-order valence-corrected chi connectivity index (χ4v) is 3.47. The van der Waals surface area contributed by atoms with Gasteiger partial charge in [-0.3, -0.25) is 4.98 Å². The largest absolute Gasteiger partial charge is 0.252 e. The molecule has 0 aliphatic carbocycles. The van der Waals surface area contributed by atoms with Gasteiger partial charge in [-0.2, -0.15) is 5.10 Å². The van der Waals surface area contributed by atoms with Gasteiger partial charge in [0.2, 0.25) is 0 Å². The highest BCUT2D eigenvalue weighted by atomic mass is 19.1. The molecule has 0 aliphatic rings. The third-order valence-corrected chi connectivity index (χ3v) is 4.88. The quantitative estimate of drug-likeness (QED) is 0.391. The summed E-state index contributed by atoms with van der Waals surface area (Å²) < 4.78 is 29.5. The van der Waals surface area contributed by atoms with Gasteiger partial charge in [0.1, 0.15) is 22.8 Å². The van der Waals surface area contributed by atoms with E-state index in [1.807, 2.05) is 37.3 Å². The van der Waals surface area contributed by atoms with Crippen molar-refractivity contribution in [3.8, 4) is 16.9 Å². The van der Waals surface area contributed by atoms with Crippen LogP contribution in [0.4, 0.5) is 8.78 Å². The van der Waals surface area contributed by atoms with Crippen LogP contribution in [0, 0.1) is 18.6 Å². The van der Waals surface area contributed by atoms with Crippen molar-refractivity contribution in [2.24, 2.45) is 0 Å². The van der Waals surface area contributed by atoms with Crippen LogP contribution < -0.4 is 0 Å². The molecule has 28 heavy (non-hydrogen) atoms. The van der Waals surface area contributed by atoms with E-state index in [1.165, 1.54) is 18.2 Å². The van der Waals surface area contributed by atoms with E-state index in [4.69, 9.17) is 5.10 Å². The monoisotopic (exact) mass is 371 g/mol. The lowest BCUT2D eigenvalue weighted by Gasteiger charge is -2.06. The van der Waals surface area contributed by atoms with Crippen LogP contribution in [-0.2, 0) is 0 Å². The molecule has 0 bridgehead atoms. The molecule has 0 saturated heterocycles. The van der Waals surface area contributed by atoms with Crippen LogP contribution in [0.5, 0.6) is 0 Å². The molecule has 0 atom stereocenters. The molecule has 0 N–H and O–H groups in total. The average molecular weight is 371 g/mol. The molecular weight excluding hydrogens is 356 g/mol. The van der Waals surface area contributed by atoms with Crippen molar-refractivity contribution in [3.63, 3.8) is 0 Å². The highest BCUT2D eigenvalue weighted by molar-refractivity contribution is 6.08. The summed E-state index contributed by atoms with van der Waals surface area (Å²) in [6, 6.07) is 19.0. The summed E-state index contributed by atoms with van der Waals surface area (Å²) in [6.45, 7) is 2.02. The van der Waals surface area contributed by atoms with E-state index >= 15 is 0 Å². The smallest absolute Gasteiger partial charge is 0.149 e. The van der Waals surface area contributed by atoms with Crippen molar-refractivity contribution in [2.45, 2.75) is 6.92 Å². The molecule has 0 radical (unpaired) electrons. The summed E-state index contributed by atoms with van der Waals surface area (Å²) in [5.41, 5.74) is 4.52. The SMILES string of the molecule is Cc1ccc(-n2nc(-c3ccc(F)cc3)c3cnc4c(F)cccc4c32)cc1. The van der Waals surface area contributed by atoms with E-state index in [0.29, 0.717) is 16.6 Å². The Morgan fingerprint density at radius 3 is 2.32 bits per heavy atom. The Balaban J connectivity index is 1.90. The maximum atomic E-state index is 14.3. The predicted octanol–water partition coefficient (Wildman–Crippen LogP) is 5.83. The fourth-order valence-electron chi connectivity index (χ4n) is 3.47. The molecule has 2 aromatic heterocycles. The van der Waals surface area contributed by atoms with Crippen LogP contribution in [0.25, 0.3) is 38.8 Å². The van der Waals surface area contributed by atoms with Crippen LogP contribution in [0.2, 0.25) is 0 Å². The summed E-state index contributed by atoms with van der Waals surface area (Å²) in [7, 11) is 0. The van der Waals surface area contributed by atoms with E-state index in [9.17, 15) is 8.78 Å². The Labute approximate surface area is 159 Å². The number of aromatic nitrogens is 3. The maximum absolute atomic E-state index is 14.3. The Bertz CT molecular complexity index is 1320. The number of hydrogen-bond donors (Lipinski definition) is 0. The molecular formula is C23H15F2N3. The van der Waals surface area contributed by atoms with Gasteiger partial charge in [-0.1, -0.05) is 29.8 Å². The molecule has 0 amide bonds. The molecule has 0 unspecified atom stereocenters. The number of aryl methyl sites for hydroxylation is 1. The molecule has 0 fully saturated rings. The minimum absolute atomic E-state index is 0.300. The highest BCUT2D eigenvalue weighted by Crippen LogP contribution is 2.34.